The summed E-state index contributed by atoms with van der Waals surface area (Å²) in [6, 6.07) is 10.5. The second-order valence-corrected chi connectivity index (χ2v) is 9.25. The van der Waals surface area contributed by atoms with Gasteiger partial charge in [-0.1, -0.05) is 0 Å². The molecule has 0 atom stereocenters. The summed E-state index contributed by atoms with van der Waals surface area (Å²) in [6.45, 7) is 1.64. The van der Waals surface area contributed by atoms with Crippen LogP contribution in [0.3, 0.4) is 0 Å². The third kappa shape index (κ3) is 6.24. The number of hydrogen-bond donors (Lipinski definition) is 2. The first kappa shape index (κ1) is 23.6. The SMILES string of the molecule is COc1cc(NC(=O)NCCS(=O)(=O)N2CCN(c3ccc(F)cc3)CC2)cc(OC)c1. The number of carbonyl (C=O) groups excluding carboxylic acids is 1. The fraction of sp³-hybridized carbons (Fsp3) is 0.381. The van der Waals surface area contributed by atoms with Crippen molar-refractivity contribution in [1.29, 1.82) is 0 Å². The van der Waals surface area contributed by atoms with Gasteiger partial charge in [0.05, 0.1) is 20.0 Å². The largest absolute Gasteiger partial charge is 0.497 e. The van der Waals surface area contributed by atoms with Crippen molar-refractivity contribution in [2.75, 3.05) is 62.9 Å². The number of sulfonamides is 1. The zero-order chi connectivity index (χ0) is 23.1. The molecule has 0 radical (unpaired) electrons. The van der Waals surface area contributed by atoms with E-state index in [1.165, 1.54) is 30.7 Å². The van der Waals surface area contributed by atoms with Gasteiger partial charge in [-0.3, -0.25) is 0 Å². The lowest BCUT2D eigenvalue weighted by atomic mass is 10.2. The Morgan fingerprint density at radius 1 is 1.00 bits per heavy atom. The molecular weight excluding hydrogens is 439 g/mol. The van der Waals surface area contributed by atoms with Gasteiger partial charge in [0.25, 0.3) is 0 Å². The third-order valence-electron chi connectivity index (χ3n) is 5.08. The van der Waals surface area contributed by atoms with E-state index in [1.807, 2.05) is 4.90 Å². The molecule has 0 bridgehead atoms. The number of halogens is 1. The van der Waals surface area contributed by atoms with Crippen LogP contribution in [0.1, 0.15) is 0 Å². The van der Waals surface area contributed by atoms with E-state index in [1.54, 1.807) is 30.3 Å². The first-order valence-electron chi connectivity index (χ1n) is 10.1. The molecule has 1 heterocycles. The van der Waals surface area contributed by atoms with Gasteiger partial charge in [-0.25, -0.2) is 17.6 Å². The summed E-state index contributed by atoms with van der Waals surface area (Å²) in [5.74, 6) is 0.513. The molecule has 2 amide bonds. The first-order valence-corrected chi connectivity index (χ1v) is 11.7. The lowest BCUT2D eigenvalue weighted by molar-refractivity contribution is 0.252. The number of piperazine rings is 1. The summed E-state index contributed by atoms with van der Waals surface area (Å²) in [5.41, 5.74) is 1.31. The van der Waals surface area contributed by atoms with E-state index < -0.39 is 16.1 Å². The lowest BCUT2D eigenvalue weighted by Crippen LogP contribution is -2.50. The second kappa shape index (κ2) is 10.5. The summed E-state index contributed by atoms with van der Waals surface area (Å²) in [5, 5.41) is 5.19. The van der Waals surface area contributed by atoms with Crippen LogP contribution in [0.4, 0.5) is 20.6 Å². The van der Waals surface area contributed by atoms with Crippen LogP contribution in [0, 0.1) is 5.82 Å². The molecule has 0 unspecified atom stereocenters. The summed E-state index contributed by atoms with van der Waals surface area (Å²) < 4.78 is 50.1. The molecule has 0 aliphatic carbocycles. The number of nitrogens with one attached hydrogen (secondary N) is 2. The standard InChI is InChI=1S/C21H27FN4O5S/c1-30-19-13-17(14-20(15-19)31-2)24-21(27)23-7-12-32(28,29)26-10-8-25(9-11-26)18-5-3-16(22)4-6-18/h3-6,13-15H,7-12H2,1-2H3,(H2,23,24,27). The van der Waals surface area contributed by atoms with Crippen molar-refractivity contribution in [3.63, 3.8) is 0 Å². The fourth-order valence-electron chi connectivity index (χ4n) is 3.35. The molecule has 0 saturated carbocycles. The average molecular weight is 467 g/mol. The normalized spacial score (nSPS) is 14.7. The van der Waals surface area contributed by atoms with Gasteiger partial charge in [-0.05, 0) is 24.3 Å². The molecule has 2 aromatic carbocycles. The predicted octanol–water partition coefficient (Wildman–Crippen LogP) is 2.12. The number of ether oxygens (including phenoxy) is 2. The maximum absolute atomic E-state index is 13.1. The Balaban J connectivity index is 1.46. The van der Waals surface area contributed by atoms with Crippen molar-refractivity contribution in [3.8, 4) is 11.5 Å². The van der Waals surface area contributed by atoms with Gasteiger partial charge in [0, 0.05) is 62.3 Å². The Morgan fingerprint density at radius 3 is 2.16 bits per heavy atom. The van der Waals surface area contributed by atoms with Gasteiger partial charge in [0.1, 0.15) is 17.3 Å². The minimum Gasteiger partial charge on any atom is -0.497 e. The van der Waals surface area contributed by atoms with E-state index in [9.17, 15) is 17.6 Å². The van der Waals surface area contributed by atoms with Crippen LogP contribution in [-0.4, -0.2) is 71.5 Å². The van der Waals surface area contributed by atoms with Gasteiger partial charge in [0.15, 0.2) is 0 Å². The second-order valence-electron chi connectivity index (χ2n) is 7.16. The number of urea groups is 1. The van der Waals surface area contributed by atoms with Crippen molar-refractivity contribution >= 4 is 27.4 Å². The number of rotatable bonds is 8. The van der Waals surface area contributed by atoms with Gasteiger partial charge < -0.3 is 25.0 Å². The van der Waals surface area contributed by atoms with E-state index in [0.717, 1.165) is 5.69 Å². The van der Waals surface area contributed by atoms with E-state index >= 15 is 0 Å². The summed E-state index contributed by atoms with van der Waals surface area (Å²) in [7, 11) is -0.515. The molecule has 0 aromatic heterocycles. The van der Waals surface area contributed by atoms with Crippen LogP contribution < -0.4 is 25.0 Å². The van der Waals surface area contributed by atoms with Crippen molar-refractivity contribution in [1.82, 2.24) is 9.62 Å². The lowest BCUT2D eigenvalue weighted by Gasteiger charge is -2.35. The first-order chi connectivity index (χ1) is 15.3. The molecule has 32 heavy (non-hydrogen) atoms. The van der Waals surface area contributed by atoms with E-state index in [0.29, 0.717) is 43.4 Å². The Labute approximate surface area is 187 Å². The van der Waals surface area contributed by atoms with Crippen LogP contribution in [0.5, 0.6) is 11.5 Å². The van der Waals surface area contributed by atoms with Gasteiger partial charge >= 0.3 is 6.03 Å². The number of carbonyl (C=O) groups is 1. The number of amides is 2. The van der Waals surface area contributed by atoms with Crippen molar-refractivity contribution in [2.24, 2.45) is 0 Å². The predicted molar refractivity (Wildman–Crippen MR) is 121 cm³/mol. The van der Waals surface area contributed by atoms with Crippen LogP contribution in [0.15, 0.2) is 42.5 Å². The van der Waals surface area contributed by atoms with Crippen LogP contribution in [0.2, 0.25) is 0 Å². The third-order valence-corrected chi connectivity index (χ3v) is 6.95. The highest BCUT2D eigenvalue weighted by Crippen LogP contribution is 2.25. The zero-order valence-electron chi connectivity index (χ0n) is 18.0. The number of benzene rings is 2. The molecule has 174 valence electrons. The molecule has 1 aliphatic heterocycles. The monoisotopic (exact) mass is 466 g/mol. The van der Waals surface area contributed by atoms with Crippen LogP contribution in [0.25, 0.3) is 0 Å². The maximum atomic E-state index is 13.1. The van der Waals surface area contributed by atoms with E-state index in [-0.39, 0.29) is 18.1 Å². The number of nitrogens with zero attached hydrogens (tertiary/aromatic N) is 2. The topological polar surface area (TPSA) is 100 Å². The molecule has 2 N–H and O–H groups in total. The maximum Gasteiger partial charge on any atom is 0.319 e. The molecule has 2 aromatic rings. The molecule has 1 fully saturated rings. The highest BCUT2D eigenvalue weighted by atomic mass is 32.2. The van der Waals surface area contributed by atoms with Crippen LogP contribution in [-0.2, 0) is 10.0 Å². The number of anilines is 2. The number of methoxy groups -OCH3 is 2. The molecular formula is C21H27FN4O5S. The molecule has 0 spiro atoms. The smallest absolute Gasteiger partial charge is 0.319 e. The summed E-state index contributed by atoms with van der Waals surface area (Å²) in [6.07, 6.45) is 0. The quantitative estimate of drug-likeness (QED) is 0.618. The Hall–Kier alpha value is -3.05. The highest BCUT2D eigenvalue weighted by Gasteiger charge is 2.26. The average Bonchev–Trinajstić information content (AvgIpc) is 2.79. The summed E-state index contributed by atoms with van der Waals surface area (Å²) in [4.78, 5) is 14.2. The molecule has 1 aliphatic rings. The molecule has 1 saturated heterocycles. The minimum atomic E-state index is -3.52. The van der Waals surface area contributed by atoms with Gasteiger partial charge in [-0.2, -0.15) is 4.31 Å². The zero-order valence-corrected chi connectivity index (χ0v) is 18.8. The Morgan fingerprint density at radius 2 is 1.59 bits per heavy atom. The highest BCUT2D eigenvalue weighted by molar-refractivity contribution is 7.89. The van der Waals surface area contributed by atoms with E-state index in [2.05, 4.69) is 10.6 Å². The van der Waals surface area contributed by atoms with Crippen molar-refractivity contribution < 1.29 is 27.1 Å². The Bertz CT molecular complexity index is 1000. The van der Waals surface area contributed by atoms with Gasteiger partial charge in [-0.15, -0.1) is 0 Å². The van der Waals surface area contributed by atoms with Crippen molar-refractivity contribution in [3.05, 3.63) is 48.3 Å². The summed E-state index contributed by atoms with van der Waals surface area (Å²) >= 11 is 0. The Kier molecular flexibility index (Phi) is 7.75. The molecule has 3 rings (SSSR count). The minimum absolute atomic E-state index is 0.0343. The number of hydrogen-bond acceptors (Lipinski definition) is 6. The molecule has 11 heteroatoms. The van der Waals surface area contributed by atoms with Crippen molar-refractivity contribution in [2.45, 2.75) is 0 Å². The van der Waals surface area contributed by atoms with Gasteiger partial charge in [0.2, 0.25) is 10.0 Å². The van der Waals surface area contributed by atoms with E-state index in [4.69, 9.17) is 9.47 Å². The fourth-order valence-corrected chi connectivity index (χ4v) is 4.69. The molecule has 9 nitrogen and oxygen atoms in total. The van der Waals surface area contributed by atoms with Crippen LogP contribution >= 0.6 is 0 Å².